The van der Waals surface area contributed by atoms with Crippen molar-refractivity contribution in [2.45, 2.75) is 38.6 Å². The van der Waals surface area contributed by atoms with Crippen LogP contribution in [0.3, 0.4) is 0 Å². The molecule has 3 atom stereocenters. The van der Waals surface area contributed by atoms with E-state index in [4.69, 9.17) is 14.2 Å². The lowest BCUT2D eigenvalue weighted by Crippen LogP contribution is -2.29. The number of benzene rings is 1. The Morgan fingerprint density at radius 2 is 2.04 bits per heavy atom. The Morgan fingerprint density at radius 3 is 2.84 bits per heavy atom. The van der Waals surface area contributed by atoms with Gasteiger partial charge >= 0.3 is 5.97 Å². The van der Waals surface area contributed by atoms with Crippen LogP contribution >= 0.6 is 0 Å². The third-order valence-corrected chi connectivity index (χ3v) is 5.60. The summed E-state index contributed by atoms with van der Waals surface area (Å²) in [6, 6.07) is 5.53. The van der Waals surface area contributed by atoms with Gasteiger partial charge in [0, 0.05) is 13.0 Å². The number of hydrogen-bond donors (Lipinski definition) is 1. The van der Waals surface area contributed by atoms with Gasteiger partial charge in [-0.05, 0) is 54.7 Å². The molecule has 0 aromatic heterocycles. The molecular weight excluding hydrogens is 322 g/mol. The van der Waals surface area contributed by atoms with Gasteiger partial charge in [0.2, 0.25) is 6.79 Å². The molecular formula is C19H23NO5. The van der Waals surface area contributed by atoms with Crippen molar-refractivity contribution in [2.24, 2.45) is 17.8 Å². The normalized spacial score (nSPS) is 25.8. The van der Waals surface area contributed by atoms with Gasteiger partial charge in [-0.25, -0.2) is 0 Å². The van der Waals surface area contributed by atoms with Crippen molar-refractivity contribution in [2.75, 3.05) is 13.4 Å². The highest BCUT2D eigenvalue weighted by molar-refractivity contribution is 5.80. The zero-order valence-electron chi connectivity index (χ0n) is 14.2. The van der Waals surface area contributed by atoms with E-state index >= 15 is 0 Å². The van der Waals surface area contributed by atoms with E-state index in [0.717, 1.165) is 17.9 Å². The standard InChI is InChI=1S/C19H23NO5/c21-18(20-9-13-2-4-16-17(7-13)25-11-24-16)10-23-19(22)8-15-6-12-1-3-14(15)5-12/h2,4,7,12,14-15H,1,3,5-6,8-11H2,(H,20,21)/t12-,14+,15+/m0/s1. The maximum atomic E-state index is 11.9. The number of rotatable bonds is 6. The van der Waals surface area contributed by atoms with Crippen molar-refractivity contribution in [1.82, 2.24) is 5.32 Å². The number of carbonyl (C=O) groups excluding carboxylic acids is 2. The van der Waals surface area contributed by atoms with Crippen molar-refractivity contribution in [3.8, 4) is 11.5 Å². The zero-order valence-corrected chi connectivity index (χ0v) is 14.2. The monoisotopic (exact) mass is 345 g/mol. The molecule has 0 unspecified atom stereocenters. The van der Waals surface area contributed by atoms with Gasteiger partial charge in [-0.1, -0.05) is 12.5 Å². The third-order valence-electron chi connectivity index (χ3n) is 5.60. The lowest BCUT2D eigenvalue weighted by Gasteiger charge is -2.20. The molecule has 3 aliphatic rings. The summed E-state index contributed by atoms with van der Waals surface area (Å²) in [5, 5.41) is 2.75. The molecule has 2 aliphatic carbocycles. The highest BCUT2D eigenvalue weighted by Crippen LogP contribution is 2.49. The molecule has 1 amide bonds. The minimum atomic E-state index is -0.293. The fourth-order valence-electron chi connectivity index (χ4n) is 4.35. The van der Waals surface area contributed by atoms with Gasteiger partial charge in [0.05, 0.1) is 0 Å². The van der Waals surface area contributed by atoms with E-state index in [1.165, 1.54) is 19.3 Å². The number of amides is 1. The van der Waals surface area contributed by atoms with E-state index in [9.17, 15) is 9.59 Å². The Balaban J connectivity index is 1.17. The Bertz CT molecular complexity index is 674. The summed E-state index contributed by atoms with van der Waals surface area (Å²) in [7, 11) is 0. The van der Waals surface area contributed by atoms with Crippen LogP contribution in [0, 0.1) is 17.8 Å². The van der Waals surface area contributed by atoms with E-state index in [0.29, 0.717) is 36.3 Å². The third kappa shape index (κ3) is 3.72. The quantitative estimate of drug-likeness (QED) is 0.802. The number of carbonyl (C=O) groups is 2. The molecule has 0 spiro atoms. The molecule has 134 valence electrons. The van der Waals surface area contributed by atoms with E-state index in [1.54, 1.807) is 0 Å². The van der Waals surface area contributed by atoms with Crippen molar-refractivity contribution in [1.29, 1.82) is 0 Å². The number of fused-ring (bicyclic) bond motifs is 3. The van der Waals surface area contributed by atoms with Crippen LogP contribution in [-0.2, 0) is 20.9 Å². The molecule has 0 saturated heterocycles. The van der Waals surface area contributed by atoms with Crippen molar-refractivity contribution >= 4 is 11.9 Å². The molecule has 1 heterocycles. The second-order valence-electron chi connectivity index (χ2n) is 7.26. The Labute approximate surface area is 146 Å². The van der Waals surface area contributed by atoms with Crippen LogP contribution in [0.15, 0.2) is 18.2 Å². The van der Waals surface area contributed by atoms with Crippen LogP contribution in [0.1, 0.15) is 37.7 Å². The maximum absolute atomic E-state index is 11.9. The molecule has 2 bridgehead atoms. The van der Waals surface area contributed by atoms with Crippen LogP contribution in [0.25, 0.3) is 0 Å². The second-order valence-corrected chi connectivity index (χ2v) is 7.26. The largest absolute Gasteiger partial charge is 0.456 e. The van der Waals surface area contributed by atoms with Gasteiger partial charge in [0.25, 0.3) is 5.91 Å². The Morgan fingerprint density at radius 1 is 1.16 bits per heavy atom. The van der Waals surface area contributed by atoms with E-state index in [1.807, 2.05) is 18.2 Å². The number of esters is 1. The van der Waals surface area contributed by atoms with E-state index in [2.05, 4.69) is 5.32 Å². The maximum Gasteiger partial charge on any atom is 0.306 e. The first-order valence-electron chi connectivity index (χ1n) is 8.98. The lowest BCUT2D eigenvalue weighted by molar-refractivity contribution is -0.149. The summed E-state index contributed by atoms with van der Waals surface area (Å²) in [5.74, 6) is 2.82. The Kier molecular flexibility index (Phi) is 4.51. The van der Waals surface area contributed by atoms with Crippen LogP contribution in [0.5, 0.6) is 11.5 Å². The number of ether oxygens (including phenoxy) is 3. The summed E-state index contributed by atoms with van der Waals surface area (Å²) in [5.41, 5.74) is 0.908. The van der Waals surface area contributed by atoms with Gasteiger partial charge in [-0.3, -0.25) is 9.59 Å². The van der Waals surface area contributed by atoms with Gasteiger partial charge in [-0.2, -0.15) is 0 Å². The number of nitrogens with one attached hydrogen (secondary N) is 1. The molecule has 2 saturated carbocycles. The van der Waals surface area contributed by atoms with Gasteiger partial charge < -0.3 is 19.5 Å². The molecule has 25 heavy (non-hydrogen) atoms. The van der Waals surface area contributed by atoms with Gasteiger partial charge in [0.1, 0.15) is 0 Å². The summed E-state index contributed by atoms with van der Waals surface area (Å²) < 4.78 is 15.7. The summed E-state index contributed by atoms with van der Waals surface area (Å²) in [6.07, 6.45) is 5.44. The highest BCUT2D eigenvalue weighted by Gasteiger charge is 2.40. The summed E-state index contributed by atoms with van der Waals surface area (Å²) in [4.78, 5) is 23.8. The van der Waals surface area contributed by atoms with E-state index < -0.39 is 0 Å². The van der Waals surface area contributed by atoms with Crippen LogP contribution in [0.2, 0.25) is 0 Å². The van der Waals surface area contributed by atoms with Crippen molar-refractivity contribution in [3.63, 3.8) is 0 Å². The lowest BCUT2D eigenvalue weighted by atomic mass is 9.86. The molecule has 1 aromatic rings. The highest BCUT2D eigenvalue weighted by atomic mass is 16.7. The molecule has 2 fully saturated rings. The second kappa shape index (κ2) is 6.94. The predicted molar refractivity (Wildman–Crippen MR) is 88.9 cm³/mol. The van der Waals surface area contributed by atoms with Crippen molar-refractivity contribution in [3.05, 3.63) is 23.8 Å². The number of hydrogen-bond acceptors (Lipinski definition) is 5. The fourth-order valence-corrected chi connectivity index (χ4v) is 4.35. The van der Waals surface area contributed by atoms with Crippen LogP contribution in [-0.4, -0.2) is 25.3 Å². The zero-order chi connectivity index (χ0) is 17.2. The summed E-state index contributed by atoms with van der Waals surface area (Å²) in [6.45, 7) is 0.368. The molecule has 6 heteroatoms. The molecule has 1 aromatic carbocycles. The molecule has 1 N–H and O–H groups in total. The first-order chi connectivity index (χ1) is 12.2. The average molecular weight is 345 g/mol. The minimum absolute atomic E-state index is 0.218. The van der Waals surface area contributed by atoms with Crippen LogP contribution in [0.4, 0.5) is 0 Å². The fraction of sp³-hybridized carbons (Fsp3) is 0.579. The first-order valence-corrected chi connectivity index (χ1v) is 8.98. The summed E-state index contributed by atoms with van der Waals surface area (Å²) >= 11 is 0. The molecule has 4 rings (SSSR count). The minimum Gasteiger partial charge on any atom is -0.456 e. The SMILES string of the molecule is O=C(COC(=O)C[C@H]1C[C@H]2CC[C@@H]1C2)NCc1ccc2c(c1)OCO2. The molecule has 0 radical (unpaired) electrons. The average Bonchev–Trinajstić information content (AvgIpc) is 3.33. The van der Waals surface area contributed by atoms with Crippen molar-refractivity contribution < 1.29 is 23.8 Å². The van der Waals surface area contributed by atoms with E-state index in [-0.39, 0.29) is 25.3 Å². The molecule has 1 aliphatic heterocycles. The Hall–Kier alpha value is -2.24. The first kappa shape index (κ1) is 16.2. The van der Waals surface area contributed by atoms with Gasteiger partial charge in [-0.15, -0.1) is 0 Å². The topological polar surface area (TPSA) is 73.9 Å². The van der Waals surface area contributed by atoms with Crippen LogP contribution < -0.4 is 14.8 Å². The smallest absolute Gasteiger partial charge is 0.306 e. The molecule has 6 nitrogen and oxygen atoms in total. The predicted octanol–water partition coefficient (Wildman–Crippen LogP) is 2.40. The van der Waals surface area contributed by atoms with Gasteiger partial charge in [0.15, 0.2) is 18.1 Å².